The van der Waals surface area contributed by atoms with Gasteiger partial charge in [0.1, 0.15) is 11.5 Å². The van der Waals surface area contributed by atoms with Crippen molar-refractivity contribution in [3.05, 3.63) is 48.0 Å². The van der Waals surface area contributed by atoms with E-state index in [2.05, 4.69) is 22.3 Å². The maximum atomic E-state index is 12.7. The van der Waals surface area contributed by atoms with Crippen molar-refractivity contribution in [1.82, 2.24) is 4.90 Å². The molecule has 1 amide bonds. The Bertz CT molecular complexity index is 838. The number of anilines is 2. The Hall–Kier alpha value is -2.77. The van der Waals surface area contributed by atoms with E-state index in [0.717, 1.165) is 24.5 Å². The zero-order chi connectivity index (χ0) is 22.1. The third kappa shape index (κ3) is 6.60. The summed E-state index contributed by atoms with van der Waals surface area (Å²) in [4.78, 5) is 17.0. The molecule has 0 atom stereocenters. The predicted molar refractivity (Wildman–Crippen MR) is 123 cm³/mol. The molecular weight excluding hydrogens is 394 g/mol. The van der Waals surface area contributed by atoms with Gasteiger partial charge in [-0.1, -0.05) is 30.3 Å². The molecule has 31 heavy (non-hydrogen) atoms. The normalized spacial score (nSPS) is 13.9. The number of rotatable bonds is 10. The lowest BCUT2D eigenvalue weighted by molar-refractivity contribution is -0.117. The van der Waals surface area contributed by atoms with Crippen molar-refractivity contribution >= 4 is 17.3 Å². The first-order chi connectivity index (χ1) is 15.1. The fourth-order valence-corrected chi connectivity index (χ4v) is 3.63. The molecule has 2 aromatic rings. The first-order valence-electron chi connectivity index (χ1n) is 10.9. The maximum absolute atomic E-state index is 12.7. The molecular formula is C24H33N3O4. The first-order valence-corrected chi connectivity index (χ1v) is 10.9. The van der Waals surface area contributed by atoms with Gasteiger partial charge < -0.3 is 24.4 Å². The van der Waals surface area contributed by atoms with E-state index in [4.69, 9.17) is 14.2 Å². The second-order valence-electron chi connectivity index (χ2n) is 7.49. The molecule has 1 saturated heterocycles. The summed E-state index contributed by atoms with van der Waals surface area (Å²) in [5.41, 5.74) is 2.76. The molecule has 0 aliphatic carbocycles. The fourth-order valence-electron chi connectivity index (χ4n) is 3.63. The number of morpholine rings is 1. The second kappa shape index (κ2) is 11.6. The van der Waals surface area contributed by atoms with E-state index in [-0.39, 0.29) is 12.5 Å². The first kappa shape index (κ1) is 22.9. The number of nitrogens with zero attached hydrogens (tertiary/aromatic N) is 2. The Morgan fingerprint density at radius 2 is 1.74 bits per heavy atom. The molecule has 2 aromatic carbocycles. The number of amides is 1. The number of hydrogen-bond donors (Lipinski definition) is 1. The summed E-state index contributed by atoms with van der Waals surface area (Å²) >= 11 is 0. The van der Waals surface area contributed by atoms with Crippen LogP contribution in [0.2, 0.25) is 0 Å². The Kier molecular flexibility index (Phi) is 8.55. The third-order valence-electron chi connectivity index (χ3n) is 5.00. The Labute approximate surface area is 184 Å². The summed E-state index contributed by atoms with van der Waals surface area (Å²) in [5, 5.41) is 3.01. The molecule has 168 valence electrons. The van der Waals surface area contributed by atoms with Crippen LogP contribution in [0.15, 0.2) is 42.5 Å². The number of carbonyl (C=O) groups excluding carboxylic acids is 1. The molecule has 1 aliphatic heterocycles. The lowest BCUT2D eigenvalue weighted by Crippen LogP contribution is -2.36. The van der Waals surface area contributed by atoms with Gasteiger partial charge in [-0.05, 0) is 26.5 Å². The van der Waals surface area contributed by atoms with Gasteiger partial charge in [0.25, 0.3) is 0 Å². The Morgan fingerprint density at radius 1 is 1.06 bits per heavy atom. The average molecular weight is 428 g/mol. The van der Waals surface area contributed by atoms with Crippen molar-refractivity contribution in [3.8, 4) is 11.5 Å². The highest BCUT2D eigenvalue weighted by Gasteiger charge is 2.20. The summed E-state index contributed by atoms with van der Waals surface area (Å²) in [6.07, 6.45) is 0. The predicted octanol–water partition coefficient (Wildman–Crippen LogP) is 3.39. The molecule has 7 nitrogen and oxygen atoms in total. The van der Waals surface area contributed by atoms with Gasteiger partial charge in [0, 0.05) is 31.8 Å². The van der Waals surface area contributed by atoms with Gasteiger partial charge in [0.2, 0.25) is 5.91 Å². The Balaban J connectivity index is 1.75. The van der Waals surface area contributed by atoms with Crippen molar-refractivity contribution < 1.29 is 19.0 Å². The summed E-state index contributed by atoms with van der Waals surface area (Å²) < 4.78 is 17.2. The van der Waals surface area contributed by atoms with Crippen molar-refractivity contribution in [3.63, 3.8) is 0 Å². The quantitative estimate of drug-likeness (QED) is 0.627. The van der Waals surface area contributed by atoms with Crippen LogP contribution in [0.4, 0.5) is 11.4 Å². The molecule has 0 spiro atoms. The van der Waals surface area contributed by atoms with Crippen molar-refractivity contribution in [2.24, 2.45) is 0 Å². The number of likely N-dealkylation sites (N-methyl/N-ethyl adjacent to an activating group) is 1. The molecule has 3 rings (SSSR count). The average Bonchev–Trinajstić information content (AvgIpc) is 2.77. The summed E-state index contributed by atoms with van der Waals surface area (Å²) in [5.74, 6) is 1.29. The van der Waals surface area contributed by atoms with E-state index >= 15 is 0 Å². The summed E-state index contributed by atoms with van der Waals surface area (Å²) in [6.45, 7) is 8.86. The summed E-state index contributed by atoms with van der Waals surface area (Å²) in [6, 6.07) is 13.9. The minimum Gasteiger partial charge on any atom is -0.492 e. The monoisotopic (exact) mass is 427 g/mol. The topological polar surface area (TPSA) is 63.3 Å². The number of nitrogens with one attached hydrogen (secondary N) is 1. The van der Waals surface area contributed by atoms with Crippen molar-refractivity contribution in [1.29, 1.82) is 0 Å². The van der Waals surface area contributed by atoms with Crippen molar-refractivity contribution in [2.75, 3.05) is 63.3 Å². The van der Waals surface area contributed by atoms with Crippen molar-refractivity contribution in [2.45, 2.75) is 20.4 Å². The number of ether oxygens (including phenoxy) is 3. The standard InChI is InChI=1S/C24H33N3O4/c1-4-30-22-16-21(27-11-13-29-14-12-27)23(31-5-2)15-20(22)25-24(28)18-26(3)17-19-9-7-6-8-10-19/h6-10,15-16H,4-5,11-14,17-18H2,1-3H3,(H,25,28). The van der Waals surface area contributed by atoms with Crippen LogP contribution in [0.5, 0.6) is 11.5 Å². The Morgan fingerprint density at radius 3 is 2.42 bits per heavy atom. The van der Waals surface area contributed by atoms with E-state index in [1.165, 1.54) is 5.56 Å². The van der Waals surface area contributed by atoms with E-state index in [0.29, 0.717) is 44.4 Å². The molecule has 0 bridgehead atoms. The van der Waals surface area contributed by atoms with Gasteiger partial charge in [-0.2, -0.15) is 0 Å². The van der Waals surface area contributed by atoms with Crippen LogP contribution >= 0.6 is 0 Å². The van der Waals surface area contributed by atoms with Crippen LogP contribution in [0.3, 0.4) is 0 Å². The largest absolute Gasteiger partial charge is 0.492 e. The minimum atomic E-state index is -0.0963. The van der Waals surface area contributed by atoms with Crippen LogP contribution in [-0.4, -0.2) is 63.9 Å². The van der Waals surface area contributed by atoms with Crippen LogP contribution in [0.1, 0.15) is 19.4 Å². The highest BCUT2D eigenvalue weighted by atomic mass is 16.5. The zero-order valence-electron chi connectivity index (χ0n) is 18.7. The van der Waals surface area contributed by atoms with E-state index in [1.807, 2.05) is 56.1 Å². The molecule has 7 heteroatoms. The molecule has 1 N–H and O–H groups in total. The van der Waals surface area contributed by atoms with Gasteiger partial charge in [-0.15, -0.1) is 0 Å². The van der Waals surface area contributed by atoms with Crippen LogP contribution in [-0.2, 0) is 16.1 Å². The SMILES string of the molecule is CCOc1cc(N2CCOCC2)c(OCC)cc1NC(=O)CN(C)Cc1ccccc1. The lowest BCUT2D eigenvalue weighted by Gasteiger charge is -2.31. The molecule has 1 fully saturated rings. The molecule has 1 heterocycles. The second-order valence-corrected chi connectivity index (χ2v) is 7.49. The lowest BCUT2D eigenvalue weighted by atomic mass is 10.2. The maximum Gasteiger partial charge on any atom is 0.238 e. The smallest absolute Gasteiger partial charge is 0.238 e. The van der Waals surface area contributed by atoms with E-state index in [1.54, 1.807) is 0 Å². The molecule has 1 aliphatic rings. The fraction of sp³-hybridized carbons (Fsp3) is 0.458. The van der Waals surface area contributed by atoms with Gasteiger partial charge in [0.05, 0.1) is 44.3 Å². The van der Waals surface area contributed by atoms with Crippen LogP contribution in [0, 0.1) is 0 Å². The van der Waals surface area contributed by atoms with Gasteiger partial charge in [0.15, 0.2) is 0 Å². The van der Waals surface area contributed by atoms with Crippen LogP contribution < -0.4 is 19.7 Å². The third-order valence-corrected chi connectivity index (χ3v) is 5.00. The molecule has 0 unspecified atom stereocenters. The number of carbonyl (C=O) groups is 1. The molecule has 0 radical (unpaired) electrons. The highest BCUT2D eigenvalue weighted by molar-refractivity contribution is 5.94. The van der Waals surface area contributed by atoms with Gasteiger partial charge in [-0.3, -0.25) is 9.69 Å². The summed E-state index contributed by atoms with van der Waals surface area (Å²) in [7, 11) is 1.93. The minimum absolute atomic E-state index is 0.0963. The van der Waals surface area contributed by atoms with Gasteiger partial charge in [-0.25, -0.2) is 0 Å². The van der Waals surface area contributed by atoms with E-state index in [9.17, 15) is 4.79 Å². The zero-order valence-corrected chi connectivity index (χ0v) is 18.7. The molecule has 0 saturated carbocycles. The molecule has 0 aromatic heterocycles. The van der Waals surface area contributed by atoms with Gasteiger partial charge >= 0.3 is 0 Å². The van der Waals surface area contributed by atoms with Crippen LogP contribution in [0.25, 0.3) is 0 Å². The highest BCUT2D eigenvalue weighted by Crippen LogP contribution is 2.39. The van der Waals surface area contributed by atoms with E-state index < -0.39 is 0 Å². The number of hydrogen-bond acceptors (Lipinski definition) is 6. The number of benzene rings is 2.